The number of rotatable bonds is 6. The molecule has 1 aromatic rings. The molecule has 3 heterocycles. The van der Waals surface area contributed by atoms with Gasteiger partial charge >= 0.3 is 5.97 Å². The SMILES string of the molecule is CN(CCC1CCOC1=O)C[C@@H]1C[C@H](F)CN1c1ccncn1. The fourth-order valence-corrected chi connectivity index (χ4v) is 3.39. The van der Waals surface area contributed by atoms with Crippen molar-refractivity contribution in [3.63, 3.8) is 0 Å². The van der Waals surface area contributed by atoms with E-state index in [1.807, 2.05) is 18.0 Å². The number of hydrogen-bond acceptors (Lipinski definition) is 6. The summed E-state index contributed by atoms with van der Waals surface area (Å²) in [6.45, 7) is 2.49. The Bertz CT molecular complexity index is 530. The highest BCUT2D eigenvalue weighted by molar-refractivity contribution is 5.74. The summed E-state index contributed by atoms with van der Waals surface area (Å²) in [5.74, 6) is 0.719. The van der Waals surface area contributed by atoms with Gasteiger partial charge in [-0.3, -0.25) is 4.79 Å². The monoisotopic (exact) mass is 322 g/mol. The standard InChI is InChI=1S/C16H23FN4O2/c1-20(6-3-12-4-7-23-16(12)22)10-14-8-13(17)9-21(14)15-2-5-18-11-19-15/h2,5,11-14H,3-4,6-10H2,1H3/t12?,13-,14-/m0/s1. The number of ether oxygens (including phenoxy) is 1. The van der Waals surface area contributed by atoms with Gasteiger partial charge in [0.05, 0.1) is 19.1 Å². The zero-order valence-corrected chi connectivity index (χ0v) is 13.4. The minimum Gasteiger partial charge on any atom is -0.465 e. The number of carbonyl (C=O) groups excluding carboxylic acids is 1. The van der Waals surface area contributed by atoms with Gasteiger partial charge in [0.1, 0.15) is 18.3 Å². The second-order valence-corrected chi connectivity index (χ2v) is 6.41. The molecule has 2 fully saturated rings. The van der Waals surface area contributed by atoms with E-state index in [1.165, 1.54) is 6.33 Å². The number of hydrogen-bond donors (Lipinski definition) is 0. The lowest BCUT2D eigenvalue weighted by Gasteiger charge is -2.29. The van der Waals surface area contributed by atoms with Crippen LogP contribution in [0.1, 0.15) is 19.3 Å². The van der Waals surface area contributed by atoms with Crippen LogP contribution in [0.25, 0.3) is 0 Å². The molecule has 23 heavy (non-hydrogen) atoms. The van der Waals surface area contributed by atoms with E-state index in [4.69, 9.17) is 4.74 Å². The molecular formula is C16H23FN4O2. The van der Waals surface area contributed by atoms with E-state index >= 15 is 0 Å². The van der Waals surface area contributed by atoms with Gasteiger partial charge in [-0.05, 0) is 32.5 Å². The molecule has 2 aliphatic rings. The third kappa shape index (κ3) is 3.96. The van der Waals surface area contributed by atoms with Gasteiger partial charge in [-0.2, -0.15) is 0 Å². The lowest BCUT2D eigenvalue weighted by molar-refractivity contribution is -0.141. The van der Waals surface area contributed by atoms with Gasteiger partial charge in [0.15, 0.2) is 0 Å². The average Bonchev–Trinajstić information content (AvgIpc) is 3.12. The molecule has 0 spiro atoms. The largest absolute Gasteiger partial charge is 0.465 e. The lowest BCUT2D eigenvalue weighted by atomic mass is 10.0. The Hall–Kier alpha value is -1.76. The number of carbonyl (C=O) groups is 1. The Labute approximate surface area is 135 Å². The molecule has 2 saturated heterocycles. The first-order valence-corrected chi connectivity index (χ1v) is 8.15. The maximum atomic E-state index is 13.9. The minimum absolute atomic E-state index is 0.0212. The number of aromatic nitrogens is 2. The molecule has 0 bridgehead atoms. The smallest absolute Gasteiger partial charge is 0.309 e. The molecule has 1 aromatic heterocycles. The van der Waals surface area contributed by atoms with Crippen LogP contribution in [0.3, 0.4) is 0 Å². The van der Waals surface area contributed by atoms with Gasteiger partial charge in [-0.15, -0.1) is 0 Å². The lowest BCUT2D eigenvalue weighted by Crippen LogP contribution is -2.40. The molecular weight excluding hydrogens is 299 g/mol. The first-order valence-electron chi connectivity index (χ1n) is 8.15. The summed E-state index contributed by atoms with van der Waals surface area (Å²) < 4.78 is 18.9. The van der Waals surface area contributed by atoms with Crippen LogP contribution in [0.5, 0.6) is 0 Å². The predicted octanol–water partition coefficient (Wildman–Crippen LogP) is 1.28. The number of nitrogens with zero attached hydrogens (tertiary/aromatic N) is 4. The third-order valence-corrected chi connectivity index (χ3v) is 4.65. The van der Waals surface area contributed by atoms with Crippen molar-refractivity contribution in [2.75, 3.05) is 38.2 Å². The molecule has 1 unspecified atom stereocenters. The first kappa shape index (κ1) is 16.1. The van der Waals surface area contributed by atoms with E-state index in [0.29, 0.717) is 19.6 Å². The fraction of sp³-hybridized carbons (Fsp3) is 0.688. The van der Waals surface area contributed by atoms with Gasteiger partial charge in [-0.1, -0.05) is 0 Å². The number of halogens is 1. The van der Waals surface area contributed by atoms with Crippen LogP contribution in [0.2, 0.25) is 0 Å². The summed E-state index contributed by atoms with van der Waals surface area (Å²) in [6.07, 6.45) is 4.48. The van der Waals surface area contributed by atoms with Crippen LogP contribution < -0.4 is 4.90 Å². The van der Waals surface area contributed by atoms with Crippen LogP contribution in [0.15, 0.2) is 18.6 Å². The number of likely N-dealkylation sites (N-methyl/N-ethyl adjacent to an activating group) is 1. The molecule has 3 rings (SSSR count). The van der Waals surface area contributed by atoms with Crippen molar-refractivity contribution >= 4 is 11.8 Å². The number of alkyl halides is 1. The molecule has 0 radical (unpaired) electrons. The number of cyclic esters (lactones) is 1. The zero-order chi connectivity index (χ0) is 16.2. The summed E-state index contributed by atoms with van der Waals surface area (Å²) >= 11 is 0. The van der Waals surface area contributed by atoms with Crippen LogP contribution in [-0.4, -0.2) is 66.3 Å². The molecule has 6 nitrogen and oxygen atoms in total. The summed E-state index contributed by atoms with van der Waals surface area (Å²) in [5.41, 5.74) is 0. The van der Waals surface area contributed by atoms with Crippen LogP contribution >= 0.6 is 0 Å². The minimum atomic E-state index is -0.826. The van der Waals surface area contributed by atoms with Gasteiger partial charge < -0.3 is 14.5 Å². The normalized spacial score (nSPS) is 27.7. The average molecular weight is 322 g/mol. The van der Waals surface area contributed by atoms with Gasteiger partial charge in [0.2, 0.25) is 0 Å². The van der Waals surface area contributed by atoms with E-state index in [2.05, 4.69) is 14.9 Å². The van der Waals surface area contributed by atoms with Crippen molar-refractivity contribution in [1.82, 2.24) is 14.9 Å². The van der Waals surface area contributed by atoms with Crippen molar-refractivity contribution < 1.29 is 13.9 Å². The van der Waals surface area contributed by atoms with E-state index in [0.717, 1.165) is 31.7 Å². The Morgan fingerprint density at radius 3 is 3.09 bits per heavy atom. The van der Waals surface area contributed by atoms with Crippen molar-refractivity contribution in [2.24, 2.45) is 5.92 Å². The third-order valence-electron chi connectivity index (χ3n) is 4.65. The second kappa shape index (κ2) is 7.21. The van der Waals surface area contributed by atoms with Gasteiger partial charge in [0.25, 0.3) is 0 Å². The van der Waals surface area contributed by atoms with Crippen LogP contribution in [0.4, 0.5) is 10.2 Å². The van der Waals surface area contributed by atoms with Crippen molar-refractivity contribution in [3.8, 4) is 0 Å². The fourth-order valence-electron chi connectivity index (χ4n) is 3.39. The summed E-state index contributed by atoms with van der Waals surface area (Å²) in [5, 5.41) is 0. The van der Waals surface area contributed by atoms with Crippen molar-refractivity contribution in [2.45, 2.75) is 31.5 Å². The maximum Gasteiger partial charge on any atom is 0.309 e. The molecule has 2 aliphatic heterocycles. The summed E-state index contributed by atoms with van der Waals surface area (Å²) in [4.78, 5) is 23.8. The van der Waals surface area contributed by atoms with Crippen LogP contribution in [-0.2, 0) is 9.53 Å². The van der Waals surface area contributed by atoms with E-state index in [9.17, 15) is 9.18 Å². The molecule has 0 N–H and O–H groups in total. The molecule has 0 amide bonds. The van der Waals surface area contributed by atoms with Crippen molar-refractivity contribution in [3.05, 3.63) is 18.6 Å². The highest BCUT2D eigenvalue weighted by atomic mass is 19.1. The zero-order valence-electron chi connectivity index (χ0n) is 13.4. The van der Waals surface area contributed by atoms with Gasteiger partial charge in [0, 0.05) is 25.2 Å². The Kier molecular flexibility index (Phi) is 5.05. The van der Waals surface area contributed by atoms with E-state index < -0.39 is 6.17 Å². The van der Waals surface area contributed by atoms with Crippen molar-refractivity contribution in [1.29, 1.82) is 0 Å². The summed E-state index contributed by atoms with van der Waals surface area (Å²) in [7, 11) is 2.02. The van der Waals surface area contributed by atoms with Gasteiger partial charge in [-0.25, -0.2) is 14.4 Å². The Morgan fingerprint density at radius 1 is 1.52 bits per heavy atom. The molecule has 0 aliphatic carbocycles. The maximum absolute atomic E-state index is 13.9. The molecule has 126 valence electrons. The highest BCUT2D eigenvalue weighted by Gasteiger charge is 2.34. The molecule has 7 heteroatoms. The quantitative estimate of drug-likeness (QED) is 0.735. The predicted molar refractivity (Wildman–Crippen MR) is 83.9 cm³/mol. The Morgan fingerprint density at radius 2 is 2.39 bits per heavy atom. The number of anilines is 1. The van der Waals surface area contributed by atoms with Crippen LogP contribution in [0, 0.1) is 5.92 Å². The van der Waals surface area contributed by atoms with E-state index in [-0.39, 0.29) is 17.9 Å². The molecule has 0 saturated carbocycles. The first-order chi connectivity index (χ1) is 11.1. The topological polar surface area (TPSA) is 58.6 Å². The Balaban J connectivity index is 1.54. The molecule has 0 aromatic carbocycles. The number of esters is 1. The highest BCUT2D eigenvalue weighted by Crippen LogP contribution is 2.26. The molecule has 3 atom stereocenters. The summed E-state index contributed by atoms with van der Waals surface area (Å²) in [6, 6.07) is 1.92. The van der Waals surface area contributed by atoms with E-state index in [1.54, 1.807) is 6.20 Å². The second-order valence-electron chi connectivity index (χ2n) is 6.41.